The highest BCUT2D eigenvalue weighted by molar-refractivity contribution is 5.92. The maximum absolute atomic E-state index is 12.2. The zero-order chi connectivity index (χ0) is 29.9. The quantitative estimate of drug-likeness (QED) is 0.149. The highest BCUT2D eigenvalue weighted by Gasteiger charge is 2.38. The molecular formula is C22H22F3N7O8. The van der Waals surface area contributed by atoms with E-state index in [1.165, 1.54) is 30.2 Å². The number of aliphatic hydroxyl groups excluding tert-OH is 1. The largest absolute Gasteiger partial charge is 0.490 e. The molecule has 18 heteroatoms. The van der Waals surface area contributed by atoms with Crippen LogP contribution in [0.25, 0.3) is 11.5 Å². The number of anilines is 1. The van der Waals surface area contributed by atoms with Gasteiger partial charge in [-0.2, -0.15) is 13.2 Å². The highest BCUT2D eigenvalue weighted by atomic mass is 19.4. The number of hydrogen-bond acceptors (Lipinski definition) is 9. The van der Waals surface area contributed by atoms with Crippen LogP contribution in [0.4, 0.5) is 19.0 Å². The summed E-state index contributed by atoms with van der Waals surface area (Å²) in [5.41, 5.74) is 0.743. The molecule has 0 bridgehead atoms. The third-order valence-corrected chi connectivity index (χ3v) is 4.42. The van der Waals surface area contributed by atoms with E-state index < -0.39 is 42.6 Å². The Kier molecular flexibility index (Phi) is 10.9. The minimum atomic E-state index is -5.08. The van der Waals surface area contributed by atoms with Gasteiger partial charge < -0.3 is 40.3 Å². The zero-order valence-electron chi connectivity index (χ0n) is 20.4. The Labute approximate surface area is 222 Å². The van der Waals surface area contributed by atoms with E-state index in [-0.39, 0.29) is 23.9 Å². The van der Waals surface area contributed by atoms with Crippen molar-refractivity contribution in [3.8, 4) is 17.3 Å². The number of hydrogen-bond donors (Lipinski definition) is 6. The summed E-state index contributed by atoms with van der Waals surface area (Å²) in [5.74, 6) is -4.22. The van der Waals surface area contributed by atoms with E-state index in [2.05, 4.69) is 30.7 Å². The minimum absolute atomic E-state index is 0.173. The van der Waals surface area contributed by atoms with Crippen molar-refractivity contribution in [1.29, 1.82) is 0 Å². The number of para-hydroxylation sites is 1. The standard InChI is InChI=1S/C20H21N7O6.C2HF3O2/c1-12(29)24-19-17(22-11-27(19)9-16(30)26-15(10-28)20(31)32)18-21-7-13(25-18)8-23-33-14-5-3-2-4-6-14;3-2(4,5)1(6)7/h2-8,11,15,28H,9-10H2,1H3,(H,21,25)(H,24,29)(H,26,30)(H,31,32);(H,6,7)/b23-8+;/t15-;/m0./s1. The molecule has 1 aromatic carbocycles. The van der Waals surface area contributed by atoms with E-state index in [9.17, 15) is 27.6 Å². The number of benzene rings is 1. The fourth-order valence-electron chi connectivity index (χ4n) is 2.70. The number of H-pyrrole nitrogens is 1. The first kappa shape index (κ1) is 31.0. The van der Waals surface area contributed by atoms with Crippen LogP contribution in [-0.4, -0.2) is 83.6 Å². The fourth-order valence-corrected chi connectivity index (χ4v) is 2.70. The molecule has 0 saturated carbocycles. The SMILES string of the molecule is CC(=O)Nc1c(-c2ncc(/C=N/Oc3ccccc3)[nH]2)ncn1CC(=O)N[C@@H](CO)C(=O)O.O=C(O)C(F)(F)F. The molecule has 2 heterocycles. The van der Waals surface area contributed by atoms with Gasteiger partial charge in [0.05, 0.1) is 31.0 Å². The number of aliphatic hydroxyl groups is 1. The third kappa shape index (κ3) is 9.56. The fraction of sp³-hybridized carbons (Fsp3) is 0.227. The number of halogens is 3. The van der Waals surface area contributed by atoms with E-state index in [0.29, 0.717) is 11.4 Å². The molecular weight excluding hydrogens is 547 g/mol. The number of nitrogens with one attached hydrogen (secondary N) is 3. The molecule has 0 unspecified atom stereocenters. The molecule has 3 rings (SSSR count). The van der Waals surface area contributed by atoms with Crippen LogP contribution in [0.1, 0.15) is 12.6 Å². The van der Waals surface area contributed by atoms with Crippen molar-refractivity contribution in [2.24, 2.45) is 5.16 Å². The summed E-state index contributed by atoms with van der Waals surface area (Å²) in [5, 5.41) is 33.8. The molecule has 3 aromatic rings. The lowest BCUT2D eigenvalue weighted by molar-refractivity contribution is -0.192. The molecule has 15 nitrogen and oxygen atoms in total. The second-order valence-corrected chi connectivity index (χ2v) is 7.52. The van der Waals surface area contributed by atoms with Crippen LogP contribution in [0.5, 0.6) is 5.75 Å². The van der Waals surface area contributed by atoms with Gasteiger partial charge in [0.2, 0.25) is 11.8 Å². The van der Waals surface area contributed by atoms with Crippen LogP contribution in [0.15, 0.2) is 48.0 Å². The molecule has 214 valence electrons. The van der Waals surface area contributed by atoms with Crippen LogP contribution >= 0.6 is 0 Å². The Bertz CT molecular complexity index is 1360. The van der Waals surface area contributed by atoms with Crippen LogP contribution in [0.2, 0.25) is 0 Å². The molecule has 0 aliphatic heterocycles. The number of aromatic amines is 1. The number of nitrogens with zero attached hydrogens (tertiary/aromatic N) is 4. The number of amides is 2. The summed E-state index contributed by atoms with van der Waals surface area (Å²) in [6.07, 6.45) is -0.897. The second kappa shape index (κ2) is 14.0. The van der Waals surface area contributed by atoms with Crippen LogP contribution < -0.4 is 15.5 Å². The van der Waals surface area contributed by atoms with Crippen molar-refractivity contribution >= 4 is 35.8 Å². The lowest BCUT2D eigenvalue weighted by atomic mass is 10.3. The zero-order valence-corrected chi connectivity index (χ0v) is 20.4. The van der Waals surface area contributed by atoms with Gasteiger partial charge in [0.1, 0.15) is 24.1 Å². The molecule has 0 spiro atoms. The summed E-state index contributed by atoms with van der Waals surface area (Å²) in [6, 6.07) is 7.52. The molecule has 0 saturated heterocycles. The maximum Gasteiger partial charge on any atom is 0.490 e. The average Bonchev–Trinajstić information content (AvgIpc) is 3.49. The molecule has 2 amide bonds. The molecule has 6 N–H and O–H groups in total. The number of rotatable bonds is 10. The van der Waals surface area contributed by atoms with Gasteiger partial charge in [-0.05, 0) is 12.1 Å². The van der Waals surface area contributed by atoms with Crippen molar-refractivity contribution < 1.29 is 52.5 Å². The van der Waals surface area contributed by atoms with Gasteiger partial charge in [-0.15, -0.1) is 0 Å². The summed E-state index contributed by atoms with van der Waals surface area (Å²) < 4.78 is 33.1. The number of carboxylic acids is 2. The first-order valence-electron chi connectivity index (χ1n) is 10.9. The number of carboxylic acid groups (broad SMARTS) is 2. The predicted octanol–water partition coefficient (Wildman–Crippen LogP) is 0.839. The predicted molar refractivity (Wildman–Crippen MR) is 129 cm³/mol. The summed E-state index contributed by atoms with van der Waals surface area (Å²) >= 11 is 0. The second-order valence-electron chi connectivity index (χ2n) is 7.52. The number of aromatic nitrogens is 4. The lowest BCUT2D eigenvalue weighted by Gasteiger charge is -2.13. The summed E-state index contributed by atoms with van der Waals surface area (Å²) in [4.78, 5) is 60.4. The van der Waals surface area contributed by atoms with Gasteiger partial charge in [0.25, 0.3) is 0 Å². The van der Waals surface area contributed by atoms with Crippen molar-refractivity contribution in [2.75, 3.05) is 11.9 Å². The van der Waals surface area contributed by atoms with Gasteiger partial charge in [0.15, 0.2) is 11.6 Å². The molecule has 1 atom stereocenters. The summed E-state index contributed by atoms with van der Waals surface area (Å²) in [6.45, 7) is 0.167. The smallest absolute Gasteiger partial charge is 0.480 e. The Balaban J connectivity index is 0.000000708. The molecule has 2 aromatic heterocycles. The van der Waals surface area contributed by atoms with Crippen molar-refractivity contribution in [3.05, 3.63) is 48.5 Å². The number of aliphatic carboxylic acids is 2. The van der Waals surface area contributed by atoms with Crippen LogP contribution in [0.3, 0.4) is 0 Å². The van der Waals surface area contributed by atoms with Gasteiger partial charge in [-0.3, -0.25) is 9.59 Å². The molecule has 0 aliphatic rings. The van der Waals surface area contributed by atoms with Crippen molar-refractivity contribution in [3.63, 3.8) is 0 Å². The third-order valence-electron chi connectivity index (χ3n) is 4.42. The van der Waals surface area contributed by atoms with Gasteiger partial charge in [-0.25, -0.2) is 19.6 Å². The topological polar surface area (TPSA) is 221 Å². The number of carbonyl (C=O) groups excluding carboxylic acids is 2. The lowest BCUT2D eigenvalue weighted by Crippen LogP contribution is -2.44. The monoisotopic (exact) mass is 569 g/mol. The normalized spacial score (nSPS) is 11.7. The first-order valence-corrected chi connectivity index (χ1v) is 10.9. The number of carbonyl (C=O) groups is 4. The van der Waals surface area contributed by atoms with Gasteiger partial charge in [0, 0.05) is 6.92 Å². The minimum Gasteiger partial charge on any atom is -0.480 e. The Morgan fingerprint density at radius 1 is 1.18 bits per heavy atom. The van der Waals surface area contributed by atoms with E-state index in [4.69, 9.17) is 25.0 Å². The molecule has 0 aliphatic carbocycles. The highest BCUT2D eigenvalue weighted by Crippen LogP contribution is 2.24. The Hall–Kier alpha value is -5.26. The van der Waals surface area contributed by atoms with E-state index in [1.54, 1.807) is 12.1 Å². The molecule has 40 heavy (non-hydrogen) atoms. The van der Waals surface area contributed by atoms with Crippen LogP contribution in [-0.2, 0) is 25.7 Å². The average molecular weight is 569 g/mol. The first-order chi connectivity index (χ1) is 18.8. The van der Waals surface area contributed by atoms with E-state index >= 15 is 0 Å². The van der Waals surface area contributed by atoms with E-state index in [1.807, 2.05) is 18.2 Å². The van der Waals surface area contributed by atoms with Gasteiger partial charge in [-0.1, -0.05) is 23.4 Å². The number of imidazole rings is 2. The number of alkyl halides is 3. The Morgan fingerprint density at radius 3 is 2.38 bits per heavy atom. The van der Waals surface area contributed by atoms with Gasteiger partial charge >= 0.3 is 18.1 Å². The van der Waals surface area contributed by atoms with Crippen molar-refractivity contribution in [1.82, 2.24) is 24.8 Å². The van der Waals surface area contributed by atoms with E-state index in [0.717, 1.165) is 0 Å². The van der Waals surface area contributed by atoms with Crippen molar-refractivity contribution in [2.45, 2.75) is 25.7 Å². The van der Waals surface area contributed by atoms with Crippen LogP contribution in [0, 0.1) is 0 Å². The summed E-state index contributed by atoms with van der Waals surface area (Å²) in [7, 11) is 0. The number of oxime groups is 1. The molecule has 0 radical (unpaired) electrons. The Morgan fingerprint density at radius 2 is 1.82 bits per heavy atom. The molecule has 0 fully saturated rings. The maximum atomic E-state index is 12.2.